The van der Waals surface area contributed by atoms with Crippen LogP contribution >= 0.6 is 15.9 Å². The maximum Gasteiger partial charge on any atom is 0.0505 e. The van der Waals surface area contributed by atoms with Crippen LogP contribution in [0.3, 0.4) is 0 Å². The highest BCUT2D eigenvalue weighted by Gasteiger charge is 2.29. The lowest BCUT2D eigenvalue weighted by Crippen LogP contribution is -2.38. The van der Waals surface area contributed by atoms with Crippen LogP contribution in [-0.2, 0) is 5.54 Å². The molecule has 3 heteroatoms. The highest BCUT2D eigenvalue weighted by atomic mass is 79.9. The van der Waals surface area contributed by atoms with Crippen molar-refractivity contribution in [2.75, 3.05) is 19.0 Å². The lowest BCUT2D eigenvalue weighted by atomic mass is 9.77. The monoisotopic (exact) mass is 296 g/mol. The molecule has 0 bridgehead atoms. The standard InChI is InChI=1S/C14H21BrN2/c1-17(2)13-7-6-11(10-12(13)15)14(16)8-4-3-5-9-14/h6-7,10H,3-5,8-9,16H2,1-2H3. The Morgan fingerprint density at radius 1 is 1.18 bits per heavy atom. The summed E-state index contributed by atoms with van der Waals surface area (Å²) >= 11 is 3.64. The van der Waals surface area contributed by atoms with E-state index in [4.69, 9.17) is 5.73 Å². The van der Waals surface area contributed by atoms with E-state index in [0.29, 0.717) is 0 Å². The van der Waals surface area contributed by atoms with E-state index >= 15 is 0 Å². The summed E-state index contributed by atoms with van der Waals surface area (Å²) in [6, 6.07) is 6.54. The molecule has 2 nitrogen and oxygen atoms in total. The van der Waals surface area contributed by atoms with Crippen molar-refractivity contribution in [1.29, 1.82) is 0 Å². The number of benzene rings is 1. The number of rotatable bonds is 2. The zero-order valence-electron chi connectivity index (χ0n) is 10.7. The Labute approximate surface area is 112 Å². The predicted octanol–water partition coefficient (Wildman–Crippen LogP) is 3.63. The minimum absolute atomic E-state index is 0.106. The Morgan fingerprint density at radius 3 is 2.35 bits per heavy atom. The quantitative estimate of drug-likeness (QED) is 0.903. The van der Waals surface area contributed by atoms with Gasteiger partial charge in [0.05, 0.1) is 5.69 Å². The maximum atomic E-state index is 6.54. The molecule has 0 saturated heterocycles. The van der Waals surface area contributed by atoms with Crippen molar-refractivity contribution in [1.82, 2.24) is 0 Å². The minimum atomic E-state index is -0.106. The van der Waals surface area contributed by atoms with Gasteiger partial charge in [0.2, 0.25) is 0 Å². The SMILES string of the molecule is CN(C)c1ccc(C2(N)CCCCC2)cc1Br. The van der Waals surface area contributed by atoms with Crippen LogP contribution in [0, 0.1) is 0 Å². The van der Waals surface area contributed by atoms with Crippen LogP contribution in [0.1, 0.15) is 37.7 Å². The Kier molecular flexibility index (Phi) is 3.79. The topological polar surface area (TPSA) is 29.3 Å². The van der Waals surface area contributed by atoms with E-state index in [2.05, 4.69) is 53.1 Å². The molecule has 0 unspecified atom stereocenters. The summed E-state index contributed by atoms with van der Waals surface area (Å²) in [7, 11) is 4.11. The normalized spacial score (nSPS) is 19.1. The second-order valence-electron chi connectivity index (χ2n) is 5.28. The molecular formula is C14H21BrN2. The summed E-state index contributed by atoms with van der Waals surface area (Å²) in [5.74, 6) is 0. The molecule has 94 valence electrons. The van der Waals surface area contributed by atoms with Gasteiger partial charge < -0.3 is 10.6 Å². The van der Waals surface area contributed by atoms with Gasteiger partial charge in [-0.25, -0.2) is 0 Å². The van der Waals surface area contributed by atoms with E-state index < -0.39 is 0 Å². The summed E-state index contributed by atoms with van der Waals surface area (Å²) in [4.78, 5) is 2.11. The van der Waals surface area contributed by atoms with Crippen LogP contribution in [-0.4, -0.2) is 14.1 Å². The molecule has 1 aliphatic carbocycles. The maximum absolute atomic E-state index is 6.54. The van der Waals surface area contributed by atoms with Gasteiger partial charge in [-0.3, -0.25) is 0 Å². The van der Waals surface area contributed by atoms with Gasteiger partial charge in [-0.1, -0.05) is 25.3 Å². The minimum Gasteiger partial charge on any atom is -0.377 e. The number of anilines is 1. The van der Waals surface area contributed by atoms with Crippen molar-refractivity contribution < 1.29 is 0 Å². The smallest absolute Gasteiger partial charge is 0.0505 e. The Hall–Kier alpha value is -0.540. The largest absolute Gasteiger partial charge is 0.377 e. The molecule has 1 saturated carbocycles. The average Bonchev–Trinajstić information content (AvgIpc) is 2.29. The van der Waals surface area contributed by atoms with Gasteiger partial charge in [0.25, 0.3) is 0 Å². The number of hydrogen-bond donors (Lipinski definition) is 1. The molecule has 0 aromatic heterocycles. The van der Waals surface area contributed by atoms with Crippen molar-refractivity contribution in [2.24, 2.45) is 5.73 Å². The lowest BCUT2D eigenvalue weighted by Gasteiger charge is -2.34. The average molecular weight is 297 g/mol. The molecule has 0 radical (unpaired) electrons. The van der Waals surface area contributed by atoms with E-state index in [1.54, 1.807) is 0 Å². The molecule has 0 aliphatic heterocycles. The third-order valence-electron chi connectivity index (χ3n) is 3.75. The van der Waals surface area contributed by atoms with Crippen molar-refractivity contribution in [2.45, 2.75) is 37.6 Å². The molecule has 0 atom stereocenters. The van der Waals surface area contributed by atoms with Gasteiger partial charge in [-0.05, 0) is 46.5 Å². The highest BCUT2D eigenvalue weighted by molar-refractivity contribution is 9.10. The fourth-order valence-corrected chi connectivity index (χ4v) is 3.38. The van der Waals surface area contributed by atoms with Crippen molar-refractivity contribution in [3.63, 3.8) is 0 Å². The fraction of sp³-hybridized carbons (Fsp3) is 0.571. The second kappa shape index (κ2) is 4.99. The van der Waals surface area contributed by atoms with E-state index in [1.165, 1.54) is 30.5 Å². The van der Waals surface area contributed by atoms with Gasteiger partial charge in [0.1, 0.15) is 0 Å². The van der Waals surface area contributed by atoms with E-state index in [-0.39, 0.29) is 5.54 Å². The van der Waals surface area contributed by atoms with Gasteiger partial charge >= 0.3 is 0 Å². The summed E-state index contributed by atoms with van der Waals surface area (Å²) < 4.78 is 1.13. The molecule has 0 spiro atoms. The number of nitrogens with two attached hydrogens (primary N) is 1. The third kappa shape index (κ3) is 2.66. The molecule has 0 amide bonds. The summed E-state index contributed by atoms with van der Waals surface area (Å²) in [6.07, 6.45) is 6.06. The first-order valence-electron chi connectivity index (χ1n) is 6.29. The number of halogens is 1. The summed E-state index contributed by atoms with van der Waals surface area (Å²) in [5.41, 5.74) is 8.91. The Bertz CT molecular complexity index is 395. The molecule has 2 N–H and O–H groups in total. The first kappa shape index (κ1) is 12.9. The number of nitrogens with zero attached hydrogens (tertiary/aromatic N) is 1. The highest BCUT2D eigenvalue weighted by Crippen LogP contribution is 2.37. The first-order chi connectivity index (χ1) is 8.03. The summed E-state index contributed by atoms with van der Waals surface area (Å²) in [5, 5.41) is 0. The molecular weight excluding hydrogens is 276 g/mol. The van der Waals surface area contributed by atoms with Crippen LogP contribution in [0.25, 0.3) is 0 Å². The molecule has 2 rings (SSSR count). The van der Waals surface area contributed by atoms with Gasteiger partial charge in [0, 0.05) is 24.1 Å². The first-order valence-corrected chi connectivity index (χ1v) is 7.08. The van der Waals surface area contributed by atoms with E-state index in [0.717, 1.165) is 17.3 Å². The van der Waals surface area contributed by atoms with Crippen LogP contribution in [0.15, 0.2) is 22.7 Å². The second-order valence-corrected chi connectivity index (χ2v) is 6.13. The van der Waals surface area contributed by atoms with E-state index in [9.17, 15) is 0 Å². The van der Waals surface area contributed by atoms with Crippen LogP contribution in [0.5, 0.6) is 0 Å². The van der Waals surface area contributed by atoms with Crippen LogP contribution < -0.4 is 10.6 Å². The molecule has 1 aliphatic rings. The molecule has 0 heterocycles. The van der Waals surface area contributed by atoms with Crippen molar-refractivity contribution >= 4 is 21.6 Å². The molecule has 1 aromatic carbocycles. The van der Waals surface area contributed by atoms with Gasteiger partial charge in [0.15, 0.2) is 0 Å². The summed E-state index contributed by atoms with van der Waals surface area (Å²) in [6.45, 7) is 0. The third-order valence-corrected chi connectivity index (χ3v) is 4.39. The van der Waals surface area contributed by atoms with E-state index in [1.807, 2.05) is 0 Å². The van der Waals surface area contributed by atoms with Crippen molar-refractivity contribution in [3.8, 4) is 0 Å². The molecule has 17 heavy (non-hydrogen) atoms. The molecule has 1 fully saturated rings. The lowest BCUT2D eigenvalue weighted by molar-refractivity contribution is 0.302. The Balaban J connectivity index is 2.30. The van der Waals surface area contributed by atoms with Crippen LogP contribution in [0.2, 0.25) is 0 Å². The molecule has 1 aromatic rings. The van der Waals surface area contributed by atoms with Crippen molar-refractivity contribution in [3.05, 3.63) is 28.2 Å². The van der Waals surface area contributed by atoms with Gasteiger partial charge in [-0.15, -0.1) is 0 Å². The zero-order valence-corrected chi connectivity index (χ0v) is 12.3. The Morgan fingerprint density at radius 2 is 1.82 bits per heavy atom. The van der Waals surface area contributed by atoms with Crippen LogP contribution in [0.4, 0.5) is 5.69 Å². The fourth-order valence-electron chi connectivity index (χ4n) is 2.65. The zero-order chi connectivity index (χ0) is 12.5. The predicted molar refractivity (Wildman–Crippen MR) is 77.4 cm³/mol. The van der Waals surface area contributed by atoms with Gasteiger partial charge in [-0.2, -0.15) is 0 Å². The number of hydrogen-bond acceptors (Lipinski definition) is 2.